The molecule has 0 saturated carbocycles. The van der Waals surface area contributed by atoms with E-state index in [1.54, 1.807) is 7.11 Å². The summed E-state index contributed by atoms with van der Waals surface area (Å²) in [7, 11) is 1.68. The highest BCUT2D eigenvalue weighted by Crippen LogP contribution is 2.25. The Bertz CT molecular complexity index is 540. The van der Waals surface area contributed by atoms with E-state index in [9.17, 15) is 4.79 Å². The second-order valence-electron chi connectivity index (χ2n) is 6.85. The topological polar surface area (TPSA) is 32.8 Å². The molecule has 2 aliphatic rings. The highest BCUT2D eigenvalue weighted by Gasteiger charge is 2.37. The van der Waals surface area contributed by atoms with Gasteiger partial charge in [0.2, 0.25) is 5.91 Å². The van der Waals surface area contributed by atoms with Crippen LogP contribution in [0.2, 0.25) is 0 Å². The summed E-state index contributed by atoms with van der Waals surface area (Å²) < 4.78 is 5.36. The van der Waals surface area contributed by atoms with Crippen molar-refractivity contribution in [2.24, 2.45) is 0 Å². The summed E-state index contributed by atoms with van der Waals surface area (Å²) in [5.41, 5.74) is 1.12. The van der Waals surface area contributed by atoms with Crippen LogP contribution >= 0.6 is 0 Å². The normalized spacial score (nSPS) is 22.7. The second-order valence-corrected chi connectivity index (χ2v) is 6.85. The molecule has 0 spiro atoms. The van der Waals surface area contributed by atoms with E-state index < -0.39 is 0 Å². The number of rotatable bonds is 5. The number of hydrogen-bond acceptors (Lipinski definition) is 3. The van der Waals surface area contributed by atoms with Crippen molar-refractivity contribution >= 4 is 5.91 Å². The summed E-state index contributed by atoms with van der Waals surface area (Å²) in [5, 5.41) is 0. The molecule has 2 aliphatic heterocycles. The lowest BCUT2D eigenvalue weighted by atomic mass is 9.97. The summed E-state index contributed by atoms with van der Waals surface area (Å²) in [6.07, 6.45) is 5.29. The van der Waals surface area contributed by atoms with E-state index in [1.807, 2.05) is 29.2 Å². The smallest absolute Gasteiger partial charge is 0.223 e. The van der Waals surface area contributed by atoms with Crippen LogP contribution in [0.25, 0.3) is 0 Å². The second kappa shape index (κ2) is 7.35. The predicted molar refractivity (Wildman–Crippen MR) is 91.7 cm³/mol. The van der Waals surface area contributed by atoms with Gasteiger partial charge in [-0.15, -0.1) is 0 Å². The number of aryl methyl sites for hydroxylation is 1. The number of carbonyl (C=O) groups excluding carboxylic acids is 1. The highest BCUT2D eigenvalue weighted by molar-refractivity contribution is 5.77. The van der Waals surface area contributed by atoms with Gasteiger partial charge in [0, 0.05) is 31.6 Å². The molecule has 0 unspecified atom stereocenters. The van der Waals surface area contributed by atoms with Crippen LogP contribution in [0.5, 0.6) is 5.75 Å². The largest absolute Gasteiger partial charge is 0.496 e. The molecule has 1 amide bonds. The molecule has 3 rings (SSSR count). The Balaban J connectivity index is 1.45. The fraction of sp³-hybridized carbons (Fsp3) is 0.632. The molecule has 0 bridgehead atoms. The number of para-hydroxylation sites is 1. The third kappa shape index (κ3) is 3.69. The van der Waals surface area contributed by atoms with Gasteiger partial charge in [-0.05, 0) is 44.4 Å². The molecule has 4 nitrogen and oxygen atoms in total. The minimum Gasteiger partial charge on any atom is -0.496 e. The van der Waals surface area contributed by atoms with Gasteiger partial charge in [-0.3, -0.25) is 9.69 Å². The molecule has 0 N–H and O–H groups in total. The van der Waals surface area contributed by atoms with E-state index >= 15 is 0 Å². The average Bonchev–Trinajstić information content (AvgIpc) is 2.53. The van der Waals surface area contributed by atoms with Crippen molar-refractivity contribution in [2.45, 2.75) is 51.1 Å². The Morgan fingerprint density at radius 3 is 2.78 bits per heavy atom. The zero-order valence-electron chi connectivity index (χ0n) is 14.3. The SMILES string of the molecule is COc1ccccc1CCC(=O)N1CC(N2CCCC[C@@H]2C)C1. The lowest BCUT2D eigenvalue weighted by Gasteiger charge is -2.49. The Labute approximate surface area is 139 Å². The number of likely N-dealkylation sites (tertiary alicyclic amines) is 2. The van der Waals surface area contributed by atoms with Crippen molar-refractivity contribution in [1.29, 1.82) is 0 Å². The summed E-state index contributed by atoms with van der Waals surface area (Å²) >= 11 is 0. The van der Waals surface area contributed by atoms with E-state index in [-0.39, 0.29) is 5.91 Å². The van der Waals surface area contributed by atoms with Crippen LogP contribution in [0.1, 0.15) is 38.2 Å². The van der Waals surface area contributed by atoms with Crippen molar-refractivity contribution in [3.05, 3.63) is 29.8 Å². The van der Waals surface area contributed by atoms with E-state index in [2.05, 4.69) is 11.8 Å². The molecule has 2 saturated heterocycles. The fourth-order valence-corrected chi connectivity index (χ4v) is 3.84. The van der Waals surface area contributed by atoms with Gasteiger partial charge in [0.15, 0.2) is 0 Å². The molecule has 2 heterocycles. The standard InChI is InChI=1S/C19H28N2O2/c1-15-7-5-6-12-21(15)17-13-20(14-17)19(22)11-10-16-8-3-4-9-18(16)23-2/h3-4,8-9,15,17H,5-7,10-14H2,1-2H3/t15-/m0/s1. The molecule has 23 heavy (non-hydrogen) atoms. The first-order chi connectivity index (χ1) is 11.2. The lowest BCUT2D eigenvalue weighted by Crippen LogP contribution is -2.63. The van der Waals surface area contributed by atoms with E-state index in [0.717, 1.165) is 30.8 Å². The first-order valence-electron chi connectivity index (χ1n) is 8.84. The van der Waals surface area contributed by atoms with Crippen LogP contribution in [-0.2, 0) is 11.2 Å². The number of nitrogens with zero attached hydrogens (tertiary/aromatic N) is 2. The number of benzene rings is 1. The van der Waals surface area contributed by atoms with Gasteiger partial charge < -0.3 is 9.64 Å². The van der Waals surface area contributed by atoms with Gasteiger partial charge in [0.05, 0.1) is 7.11 Å². The van der Waals surface area contributed by atoms with Gasteiger partial charge in [-0.2, -0.15) is 0 Å². The van der Waals surface area contributed by atoms with Crippen molar-refractivity contribution in [3.63, 3.8) is 0 Å². The molecule has 126 valence electrons. The Morgan fingerprint density at radius 1 is 1.26 bits per heavy atom. The summed E-state index contributed by atoms with van der Waals surface area (Å²) in [6, 6.07) is 9.22. The van der Waals surface area contributed by atoms with Crippen LogP contribution < -0.4 is 4.74 Å². The van der Waals surface area contributed by atoms with Crippen LogP contribution in [0.15, 0.2) is 24.3 Å². The quantitative estimate of drug-likeness (QED) is 0.837. The number of hydrogen-bond donors (Lipinski definition) is 0. The maximum atomic E-state index is 12.4. The van der Waals surface area contributed by atoms with Crippen molar-refractivity contribution in [3.8, 4) is 5.75 Å². The minimum atomic E-state index is 0.275. The summed E-state index contributed by atoms with van der Waals surface area (Å²) in [5.74, 6) is 1.15. The minimum absolute atomic E-state index is 0.275. The average molecular weight is 316 g/mol. The predicted octanol–water partition coefficient (Wildman–Crippen LogP) is 2.71. The molecule has 1 atom stereocenters. The summed E-state index contributed by atoms with van der Waals surface area (Å²) in [4.78, 5) is 17.0. The van der Waals surface area contributed by atoms with Gasteiger partial charge in [-0.25, -0.2) is 0 Å². The third-order valence-corrected chi connectivity index (χ3v) is 5.34. The Hall–Kier alpha value is -1.55. The molecule has 1 aromatic rings. The van der Waals surface area contributed by atoms with Crippen LogP contribution in [-0.4, -0.2) is 54.5 Å². The zero-order chi connectivity index (χ0) is 16.2. The van der Waals surface area contributed by atoms with Gasteiger partial charge in [0.1, 0.15) is 5.75 Å². The van der Waals surface area contributed by atoms with Crippen molar-refractivity contribution in [2.75, 3.05) is 26.7 Å². The zero-order valence-corrected chi connectivity index (χ0v) is 14.3. The molecule has 1 aromatic carbocycles. The molecular formula is C19H28N2O2. The summed E-state index contributed by atoms with van der Waals surface area (Å²) in [6.45, 7) is 5.35. The molecule has 0 aliphatic carbocycles. The molecule has 0 aromatic heterocycles. The molecular weight excluding hydrogens is 288 g/mol. The van der Waals surface area contributed by atoms with Gasteiger partial charge in [0.25, 0.3) is 0 Å². The van der Waals surface area contributed by atoms with E-state index in [1.165, 1.54) is 25.8 Å². The number of amides is 1. The first kappa shape index (κ1) is 16.3. The molecule has 4 heteroatoms. The lowest BCUT2D eigenvalue weighted by molar-refractivity contribution is -0.139. The fourth-order valence-electron chi connectivity index (χ4n) is 3.84. The number of methoxy groups -OCH3 is 1. The van der Waals surface area contributed by atoms with Crippen LogP contribution in [0, 0.1) is 0 Å². The van der Waals surface area contributed by atoms with Crippen molar-refractivity contribution in [1.82, 2.24) is 9.80 Å². The molecule has 2 fully saturated rings. The Kier molecular flexibility index (Phi) is 5.21. The van der Waals surface area contributed by atoms with Gasteiger partial charge >= 0.3 is 0 Å². The van der Waals surface area contributed by atoms with Crippen LogP contribution in [0.4, 0.5) is 0 Å². The highest BCUT2D eigenvalue weighted by atomic mass is 16.5. The van der Waals surface area contributed by atoms with Gasteiger partial charge in [-0.1, -0.05) is 24.6 Å². The maximum absolute atomic E-state index is 12.4. The number of ether oxygens (including phenoxy) is 1. The third-order valence-electron chi connectivity index (χ3n) is 5.34. The van der Waals surface area contributed by atoms with Crippen molar-refractivity contribution < 1.29 is 9.53 Å². The van der Waals surface area contributed by atoms with E-state index in [4.69, 9.17) is 4.74 Å². The first-order valence-corrected chi connectivity index (χ1v) is 8.84. The van der Waals surface area contributed by atoms with Crippen LogP contribution in [0.3, 0.4) is 0 Å². The maximum Gasteiger partial charge on any atom is 0.223 e. The monoisotopic (exact) mass is 316 g/mol. The van der Waals surface area contributed by atoms with E-state index in [0.29, 0.717) is 18.5 Å². The molecule has 0 radical (unpaired) electrons. The Morgan fingerprint density at radius 2 is 2.04 bits per heavy atom. The number of piperidine rings is 1. The number of carbonyl (C=O) groups is 1.